The Morgan fingerprint density at radius 1 is 1.67 bits per heavy atom. The molecule has 0 bridgehead atoms. The molecular formula is C10H16O2. The Hall–Kier alpha value is -0.790. The summed E-state index contributed by atoms with van der Waals surface area (Å²) in [5.74, 6) is 0.627. The van der Waals surface area contributed by atoms with Crippen LogP contribution in [0.1, 0.15) is 33.1 Å². The molecule has 0 aromatic rings. The summed E-state index contributed by atoms with van der Waals surface area (Å²) < 4.78 is 0. The highest BCUT2D eigenvalue weighted by atomic mass is 16.4. The number of hydrogen-bond acceptors (Lipinski definition) is 1. The minimum Gasteiger partial charge on any atom is -0.478 e. The Kier molecular flexibility index (Phi) is 2.90. The van der Waals surface area contributed by atoms with E-state index in [1.165, 1.54) is 0 Å². The van der Waals surface area contributed by atoms with E-state index < -0.39 is 5.97 Å². The lowest BCUT2D eigenvalue weighted by atomic mass is 9.82. The van der Waals surface area contributed by atoms with Gasteiger partial charge in [0, 0.05) is 5.57 Å². The lowest BCUT2D eigenvalue weighted by Crippen LogP contribution is -2.15. The summed E-state index contributed by atoms with van der Waals surface area (Å²) in [7, 11) is 0. The van der Waals surface area contributed by atoms with Gasteiger partial charge in [-0.3, -0.25) is 0 Å². The van der Waals surface area contributed by atoms with Gasteiger partial charge in [-0.25, -0.2) is 4.79 Å². The van der Waals surface area contributed by atoms with Gasteiger partial charge in [0.2, 0.25) is 0 Å². The minimum atomic E-state index is -0.739. The largest absolute Gasteiger partial charge is 0.478 e. The third kappa shape index (κ3) is 2.10. The molecule has 0 amide bonds. The zero-order valence-electron chi connectivity index (χ0n) is 7.71. The van der Waals surface area contributed by atoms with E-state index in [1.807, 2.05) is 6.08 Å². The summed E-state index contributed by atoms with van der Waals surface area (Å²) >= 11 is 0. The number of rotatable bonds is 2. The third-order valence-corrected chi connectivity index (χ3v) is 2.67. The molecule has 12 heavy (non-hydrogen) atoms. The first-order chi connectivity index (χ1) is 5.61. The fraction of sp³-hybridized carbons (Fsp3) is 0.700. The van der Waals surface area contributed by atoms with Crippen molar-refractivity contribution in [2.24, 2.45) is 11.8 Å². The van der Waals surface area contributed by atoms with Gasteiger partial charge in [0.15, 0.2) is 0 Å². The van der Waals surface area contributed by atoms with Crippen molar-refractivity contribution in [1.82, 2.24) is 0 Å². The van der Waals surface area contributed by atoms with Crippen LogP contribution in [0.25, 0.3) is 0 Å². The maximum atomic E-state index is 10.6. The SMILES string of the molecule is CC(C)[C@@H]1CC=C(C(=O)O)CC1. The highest BCUT2D eigenvalue weighted by Gasteiger charge is 2.19. The summed E-state index contributed by atoms with van der Waals surface area (Å²) in [6.07, 6.45) is 4.61. The van der Waals surface area contributed by atoms with Crippen LogP contribution in [-0.2, 0) is 4.79 Å². The molecule has 0 aromatic carbocycles. The van der Waals surface area contributed by atoms with Crippen LogP contribution in [0, 0.1) is 11.8 Å². The molecule has 0 saturated carbocycles. The number of aliphatic carboxylic acids is 1. The van der Waals surface area contributed by atoms with Crippen molar-refractivity contribution in [2.45, 2.75) is 33.1 Å². The van der Waals surface area contributed by atoms with Crippen molar-refractivity contribution < 1.29 is 9.90 Å². The Morgan fingerprint density at radius 2 is 2.33 bits per heavy atom. The number of carboxylic acid groups (broad SMARTS) is 1. The first-order valence-corrected chi connectivity index (χ1v) is 4.53. The van der Waals surface area contributed by atoms with Crippen molar-refractivity contribution in [3.05, 3.63) is 11.6 Å². The number of allylic oxidation sites excluding steroid dienone is 1. The summed E-state index contributed by atoms with van der Waals surface area (Å²) in [4.78, 5) is 10.6. The second-order valence-electron chi connectivity index (χ2n) is 3.81. The van der Waals surface area contributed by atoms with Crippen LogP contribution in [0.5, 0.6) is 0 Å². The fourth-order valence-electron chi connectivity index (χ4n) is 1.65. The zero-order chi connectivity index (χ0) is 9.14. The van der Waals surface area contributed by atoms with Gasteiger partial charge in [-0.05, 0) is 31.1 Å². The van der Waals surface area contributed by atoms with Crippen molar-refractivity contribution in [2.75, 3.05) is 0 Å². The van der Waals surface area contributed by atoms with Crippen molar-refractivity contribution in [3.63, 3.8) is 0 Å². The minimum absolute atomic E-state index is 0.604. The lowest BCUT2D eigenvalue weighted by molar-refractivity contribution is -0.133. The van der Waals surface area contributed by atoms with Gasteiger partial charge < -0.3 is 5.11 Å². The molecule has 68 valence electrons. The van der Waals surface area contributed by atoms with Crippen LogP contribution < -0.4 is 0 Å². The van der Waals surface area contributed by atoms with Crippen molar-refractivity contribution >= 4 is 5.97 Å². The monoisotopic (exact) mass is 168 g/mol. The topological polar surface area (TPSA) is 37.3 Å². The molecule has 0 aliphatic heterocycles. The first kappa shape index (κ1) is 9.30. The number of carboxylic acids is 1. The number of carbonyl (C=O) groups is 1. The van der Waals surface area contributed by atoms with Gasteiger partial charge in [-0.2, -0.15) is 0 Å². The lowest BCUT2D eigenvalue weighted by Gasteiger charge is -2.23. The van der Waals surface area contributed by atoms with Gasteiger partial charge in [0.25, 0.3) is 0 Å². The second-order valence-corrected chi connectivity index (χ2v) is 3.81. The molecule has 0 aromatic heterocycles. The molecule has 2 nitrogen and oxygen atoms in total. The van der Waals surface area contributed by atoms with Crippen LogP contribution in [0.2, 0.25) is 0 Å². The standard InChI is InChI=1S/C10H16O2/c1-7(2)8-3-5-9(6-4-8)10(11)12/h5,7-8H,3-4,6H2,1-2H3,(H,11,12)/t8-/m1/s1. The van der Waals surface area contributed by atoms with Crippen LogP contribution in [-0.4, -0.2) is 11.1 Å². The summed E-state index contributed by atoms with van der Waals surface area (Å²) in [6.45, 7) is 4.40. The molecule has 0 spiro atoms. The Bertz CT molecular complexity index is 204. The van der Waals surface area contributed by atoms with Gasteiger partial charge in [0.05, 0.1) is 0 Å². The predicted octanol–water partition coefficient (Wildman–Crippen LogP) is 2.45. The quantitative estimate of drug-likeness (QED) is 0.687. The Morgan fingerprint density at radius 3 is 2.67 bits per heavy atom. The molecule has 0 saturated heterocycles. The van der Waals surface area contributed by atoms with E-state index in [4.69, 9.17) is 5.11 Å². The van der Waals surface area contributed by atoms with E-state index in [1.54, 1.807) is 0 Å². The summed E-state index contributed by atoms with van der Waals surface area (Å²) in [6, 6.07) is 0. The van der Waals surface area contributed by atoms with E-state index in [2.05, 4.69) is 13.8 Å². The molecule has 1 aliphatic carbocycles. The van der Waals surface area contributed by atoms with Crippen LogP contribution in [0.15, 0.2) is 11.6 Å². The van der Waals surface area contributed by atoms with E-state index in [-0.39, 0.29) is 0 Å². The molecule has 1 aliphatic rings. The molecule has 1 rings (SSSR count). The predicted molar refractivity (Wildman–Crippen MR) is 47.9 cm³/mol. The molecule has 0 fully saturated rings. The fourth-order valence-corrected chi connectivity index (χ4v) is 1.65. The van der Waals surface area contributed by atoms with Gasteiger partial charge in [-0.15, -0.1) is 0 Å². The van der Waals surface area contributed by atoms with Gasteiger partial charge in [0.1, 0.15) is 0 Å². The van der Waals surface area contributed by atoms with Crippen LogP contribution in [0.4, 0.5) is 0 Å². The molecule has 1 N–H and O–H groups in total. The smallest absolute Gasteiger partial charge is 0.331 e. The maximum Gasteiger partial charge on any atom is 0.331 e. The summed E-state index contributed by atoms with van der Waals surface area (Å²) in [5.41, 5.74) is 0.604. The van der Waals surface area contributed by atoms with Crippen molar-refractivity contribution in [1.29, 1.82) is 0 Å². The van der Waals surface area contributed by atoms with Gasteiger partial charge >= 0.3 is 5.97 Å². The first-order valence-electron chi connectivity index (χ1n) is 4.53. The normalized spacial score (nSPS) is 23.9. The highest BCUT2D eigenvalue weighted by Crippen LogP contribution is 2.28. The molecular weight excluding hydrogens is 152 g/mol. The average Bonchev–Trinajstić information content (AvgIpc) is 2.04. The van der Waals surface area contributed by atoms with E-state index in [9.17, 15) is 4.79 Å². The Labute approximate surface area is 73.3 Å². The van der Waals surface area contributed by atoms with Crippen LogP contribution in [0.3, 0.4) is 0 Å². The molecule has 0 radical (unpaired) electrons. The highest BCUT2D eigenvalue weighted by molar-refractivity contribution is 5.86. The van der Waals surface area contributed by atoms with E-state index in [0.29, 0.717) is 17.4 Å². The molecule has 0 unspecified atom stereocenters. The van der Waals surface area contributed by atoms with Crippen molar-refractivity contribution in [3.8, 4) is 0 Å². The summed E-state index contributed by atoms with van der Waals surface area (Å²) in [5, 5.41) is 8.69. The molecule has 2 heteroatoms. The third-order valence-electron chi connectivity index (χ3n) is 2.67. The molecule has 0 heterocycles. The van der Waals surface area contributed by atoms with Gasteiger partial charge in [-0.1, -0.05) is 19.9 Å². The second kappa shape index (κ2) is 3.74. The average molecular weight is 168 g/mol. The molecule has 1 atom stereocenters. The van der Waals surface area contributed by atoms with E-state index in [0.717, 1.165) is 19.3 Å². The van der Waals surface area contributed by atoms with E-state index >= 15 is 0 Å². The van der Waals surface area contributed by atoms with Crippen LogP contribution >= 0.6 is 0 Å². The number of hydrogen-bond donors (Lipinski definition) is 1. The zero-order valence-corrected chi connectivity index (χ0v) is 7.71. The Balaban J connectivity index is 2.53. The maximum absolute atomic E-state index is 10.6.